The summed E-state index contributed by atoms with van der Waals surface area (Å²) in [4.78, 5) is 27.9. The van der Waals surface area contributed by atoms with Crippen LogP contribution in [0.2, 0.25) is 15.1 Å². The van der Waals surface area contributed by atoms with Crippen molar-refractivity contribution in [1.82, 2.24) is 4.98 Å². The van der Waals surface area contributed by atoms with Crippen molar-refractivity contribution in [3.05, 3.63) is 69.4 Å². The lowest BCUT2D eigenvalue weighted by molar-refractivity contribution is -0.114. The van der Waals surface area contributed by atoms with E-state index < -0.39 is 17.6 Å². The van der Waals surface area contributed by atoms with E-state index in [9.17, 15) is 14.7 Å². The monoisotopic (exact) mass is 474 g/mol. The Bertz CT molecular complexity index is 1350. The Morgan fingerprint density at radius 2 is 1.65 bits per heavy atom. The number of carbonyl (C=O) groups is 2. The molecule has 2 aromatic carbocycles. The first kappa shape index (κ1) is 21.2. The highest BCUT2D eigenvalue weighted by Gasteiger charge is 2.25. The van der Waals surface area contributed by atoms with Gasteiger partial charge in [-0.05, 0) is 42.0 Å². The lowest BCUT2D eigenvalue weighted by atomic mass is 9.98. The van der Waals surface area contributed by atoms with Crippen molar-refractivity contribution < 1.29 is 19.1 Å². The van der Waals surface area contributed by atoms with E-state index in [0.29, 0.717) is 37.3 Å². The molecule has 2 N–H and O–H groups in total. The summed E-state index contributed by atoms with van der Waals surface area (Å²) in [6.45, 7) is 1.28. The van der Waals surface area contributed by atoms with Crippen molar-refractivity contribution in [2.24, 2.45) is 0 Å². The summed E-state index contributed by atoms with van der Waals surface area (Å²) in [7, 11) is 0. The molecule has 0 aliphatic carbocycles. The van der Waals surface area contributed by atoms with Gasteiger partial charge < -0.3 is 14.8 Å². The molecular formula is C22H13Cl3N2O4. The van der Waals surface area contributed by atoms with Crippen molar-refractivity contribution in [2.75, 3.05) is 5.32 Å². The average molecular weight is 476 g/mol. The van der Waals surface area contributed by atoms with E-state index in [2.05, 4.69) is 10.3 Å². The summed E-state index contributed by atoms with van der Waals surface area (Å²) in [5.41, 5.74) is 2.50. The summed E-state index contributed by atoms with van der Waals surface area (Å²) in [5.74, 6) is -2.19. The molecule has 1 amide bonds. The molecular weight excluding hydrogens is 463 g/mol. The number of furan rings is 1. The van der Waals surface area contributed by atoms with Gasteiger partial charge in [0.25, 0.3) is 0 Å². The average Bonchev–Trinajstić information content (AvgIpc) is 3.05. The third kappa shape index (κ3) is 4.10. The molecule has 31 heavy (non-hydrogen) atoms. The first-order chi connectivity index (χ1) is 14.7. The molecule has 156 valence electrons. The highest BCUT2D eigenvalue weighted by molar-refractivity contribution is 6.36. The van der Waals surface area contributed by atoms with Crippen molar-refractivity contribution in [3.8, 4) is 22.4 Å². The van der Waals surface area contributed by atoms with Crippen molar-refractivity contribution in [3.63, 3.8) is 0 Å². The number of rotatable bonds is 4. The molecule has 4 rings (SSSR count). The Balaban J connectivity index is 2.07. The number of hydrogen-bond acceptors (Lipinski definition) is 4. The van der Waals surface area contributed by atoms with E-state index >= 15 is 0 Å². The number of pyridine rings is 1. The molecule has 2 aromatic heterocycles. The van der Waals surface area contributed by atoms with Crippen molar-refractivity contribution >= 4 is 63.5 Å². The molecule has 0 saturated carbocycles. The van der Waals surface area contributed by atoms with Gasteiger partial charge in [0.15, 0.2) is 0 Å². The van der Waals surface area contributed by atoms with E-state index in [1.807, 2.05) is 0 Å². The van der Waals surface area contributed by atoms with Crippen LogP contribution in [-0.4, -0.2) is 22.0 Å². The number of nitrogens with zero attached hydrogens (tertiary/aromatic N) is 1. The second-order valence-electron chi connectivity index (χ2n) is 6.66. The lowest BCUT2D eigenvalue weighted by Gasteiger charge is -2.12. The van der Waals surface area contributed by atoms with Gasteiger partial charge in [-0.15, -0.1) is 0 Å². The third-order valence-electron chi connectivity index (χ3n) is 4.52. The standard InChI is InChI=1S/C22H13Cl3N2O4/c1-10(28)26-19-16-9-15(11-2-4-12(23)5-3-11)18(14-7-6-13(24)8-17(14)25)27-21(16)31-20(19)22(29)30/h2-9H,1H3,(H,26,28)(H,29,30). The number of halogens is 3. The zero-order valence-corrected chi connectivity index (χ0v) is 18.1. The Hall–Kier alpha value is -3.06. The number of nitrogens with one attached hydrogen (secondary N) is 1. The van der Waals surface area contributed by atoms with Gasteiger partial charge >= 0.3 is 5.97 Å². The molecule has 0 aliphatic rings. The van der Waals surface area contributed by atoms with Gasteiger partial charge in [-0.2, -0.15) is 0 Å². The highest BCUT2D eigenvalue weighted by Crippen LogP contribution is 2.41. The second-order valence-corrected chi connectivity index (χ2v) is 7.94. The van der Waals surface area contributed by atoms with Crippen molar-refractivity contribution in [1.29, 1.82) is 0 Å². The van der Waals surface area contributed by atoms with Gasteiger partial charge in [-0.3, -0.25) is 4.79 Å². The number of carboxylic acids is 1. The predicted octanol–water partition coefficient (Wildman–Crippen LogP) is 6.78. The van der Waals surface area contributed by atoms with Crippen LogP contribution >= 0.6 is 34.8 Å². The van der Waals surface area contributed by atoms with Crippen LogP contribution in [0.1, 0.15) is 17.5 Å². The summed E-state index contributed by atoms with van der Waals surface area (Å²) in [6.07, 6.45) is 0. The maximum atomic E-state index is 11.7. The topological polar surface area (TPSA) is 92.4 Å². The molecule has 0 bridgehead atoms. The zero-order valence-electron chi connectivity index (χ0n) is 15.9. The highest BCUT2D eigenvalue weighted by atomic mass is 35.5. The summed E-state index contributed by atoms with van der Waals surface area (Å²) in [6, 6.07) is 13.7. The Morgan fingerprint density at radius 1 is 0.968 bits per heavy atom. The van der Waals surface area contributed by atoms with Crippen LogP contribution in [0.15, 0.2) is 52.9 Å². The Morgan fingerprint density at radius 3 is 2.26 bits per heavy atom. The number of hydrogen-bond donors (Lipinski definition) is 2. The van der Waals surface area contributed by atoms with E-state index in [1.165, 1.54) is 6.92 Å². The van der Waals surface area contributed by atoms with E-state index in [1.54, 1.807) is 48.5 Å². The first-order valence-electron chi connectivity index (χ1n) is 8.94. The van der Waals surface area contributed by atoms with E-state index in [0.717, 1.165) is 5.56 Å². The number of benzene rings is 2. The molecule has 0 aliphatic heterocycles. The molecule has 6 nitrogen and oxygen atoms in total. The van der Waals surface area contributed by atoms with Crippen LogP contribution in [0.25, 0.3) is 33.5 Å². The number of anilines is 1. The van der Waals surface area contributed by atoms with Gasteiger partial charge in [-0.25, -0.2) is 9.78 Å². The fraction of sp³-hybridized carbons (Fsp3) is 0.0455. The maximum absolute atomic E-state index is 11.7. The molecule has 0 unspecified atom stereocenters. The normalized spacial score (nSPS) is 11.0. The van der Waals surface area contributed by atoms with Crippen LogP contribution in [0.3, 0.4) is 0 Å². The minimum atomic E-state index is -1.33. The molecule has 0 atom stereocenters. The Labute approximate surface area is 191 Å². The minimum Gasteiger partial charge on any atom is -0.475 e. The van der Waals surface area contributed by atoms with Gasteiger partial charge in [0, 0.05) is 28.1 Å². The number of aromatic nitrogens is 1. The first-order valence-corrected chi connectivity index (χ1v) is 10.1. The summed E-state index contributed by atoms with van der Waals surface area (Å²) >= 11 is 18.5. The van der Waals surface area contributed by atoms with Crippen LogP contribution in [0.4, 0.5) is 5.69 Å². The molecule has 9 heteroatoms. The third-order valence-corrected chi connectivity index (χ3v) is 5.32. The lowest BCUT2D eigenvalue weighted by Crippen LogP contribution is -2.09. The number of carbonyl (C=O) groups excluding carboxylic acids is 1. The fourth-order valence-corrected chi connectivity index (χ4v) is 3.83. The van der Waals surface area contributed by atoms with Crippen LogP contribution in [0, 0.1) is 0 Å². The molecule has 0 spiro atoms. The van der Waals surface area contributed by atoms with Crippen LogP contribution in [0.5, 0.6) is 0 Å². The summed E-state index contributed by atoms with van der Waals surface area (Å²) in [5, 5.41) is 13.8. The molecule has 0 fully saturated rings. The van der Waals surface area contributed by atoms with Gasteiger partial charge in [-0.1, -0.05) is 46.9 Å². The van der Waals surface area contributed by atoms with Gasteiger partial charge in [0.1, 0.15) is 5.69 Å². The molecule has 0 saturated heterocycles. The van der Waals surface area contributed by atoms with E-state index in [4.69, 9.17) is 39.2 Å². The quantitative estimate of drug-likeness (QED) is 0.339. The molecule has 0 radical (unpaired) electrons. The minimum absolute atomic E-state index is 0.0338. The SMILES string of the molecule is CC(=O)Nc1c(C(=O)O)oc2nc(-c3ccc(Cl)cc3Cl)c(-c3ccc(Cl)cc3)cc12. The zero-order chi connectivity index (χ0) is 22.3. The largest absolute Gasteiger partial charge is 0.475 e. The predicted molar refractivity (Wildman–Crippen MR) is 121 cm³/mol. The molecule has 4 aromatic rings. The van der Waals surface area contributed by atoms with Crippen LogP contribution < -0.4 is 5.32 Å². The smallest absolute Gasteiger partial charge is 0.374 e. The van der Waals surface area contributed by atoms with Crippen molar-refractivity contribution in [2.45, 2.75) is 6.92 Å². The number of amides is 1. The second kappa shape index (κ2) is 8.23. The fourth-order valence-electron chi connectivity index (χ4n) is 3.21. The maximum Gasteiger partial charge on any atom is 0.374 e. The summed E-state index contributed by atoms with van der Waals surface area (Å²) < 4.78 is 5.48. The number of carboxylic acid groups (broad SMARTS) is 1. The Kier molecular flexibility index (Phi) is 5.62. The van der Waals surface area contributed by atoms with E-state index in [-0.39, 0.29) is 11.4 Å². The number of aromatic carboxylic acids is 1. The van der Waals surface area contributed by atoms with Gasteiger partial charge in [0.2, 0.25) is 17.4 Å². The molecule has 2 heterocycles. The number of fused-ring (bicyclic) bond motifs is 1. The van der Waals surface area contributed by atoms with Crippen LogP contribution in [-0.2, 0) is 4.79 Å². The van der Waals surface area contributed by atoms with Gasteiger partial charge in [0.05, 0.1) is 16.1 Å².